The third kappa shape index (κ3) is 4.80. The van der Waals surface area contributed by atoms with Crippen LogP contribution in [0.3, 0.4) is 0 Å². The van der Waals surface area contributed by atoms with Crippen LogP contribution in [0.15, 0.2) is 0 Å². The Balaban J connectivity index is 0. The minimum absolute atomic E-state index is 0. The standard InChI is InChI=1S/C6H8O7.Fe/c7-3(8)1-6(13,5(11)12)2-4(9)10;/h13H,1-2H2,(H,7,8)(H,9,10)(H,11,12);/i;1+3. The molecular formula is C6H8FeO7. The van der Waals surface area contributed by atoms with Gasteiger partial charge in [0, 0.05) is 17.1 Å². The number of aliphatic carboxylic acids is 3. The molecular weight excluding hydrogens is 243 g/mol. The quantitative estimate of drug-likeness (QED) is 0.448. The second-order valence-electron chi connectivity index (χ2n) is 2.48. The van der Waals surface area contributed by atoms with Crippen molar-refractivity contribution in [2.75, 3.05) is 0 Å². The van der Waals surface area contributed by atoms with E-state index in [0.717, 1.165) is 0 Å². The molecule has 0 amide bonds. The van der Waals surface area contributed by atoms with Crippen molar-refractivity contribution in [3.63, 3.8) is 0 Å². The van der Waals surface area contributed by atoms with Crippen LogP contribution < -0.4 is 0 Å². The molecule has 0 aliphatic rings. The minimum Gasteiger partial charge on any atom is -0.481 e. The summed E-state index contributed by atoms with van der Waals surface area (Å²) in [5.74, 6) is -5.02. The van der Waals surface area contributed by atoms with Gasteiger partial charge in [-0.05, 0) is 0 Å². The summed E-state index contributed by atoms with van der Waals surface area (Å²) < 4.78 is 0. The molecule has 0 atom stereocenters. The topological polar surface area (TPSA) is 132 Å². The second-order valence-corrected chi connectivity index (χ2v) is 2.48. The molecule has 82 valence electrons. The van der Waals surface area contributed by atoms with Gasteiger partial charge in [0.25, 0.3) is 0 Å². The van der Waals surface area contributed by atoms with Crippen molar-refractivity contribution < 1.29 is 51.9 Å². The first kappa shape index (κ1) is 15.4. The molecule has 0 saturated carbocycles. The summed E-state index contributed by atoms with van der Waals surface area (Å²) in [5.41, 5.74) is -2.74. The molecule has 4 N–H and O–H groups in total. The van der Waals surface area contributed by atoms with Gasteiger partial charge in [0.05, 0.1) is 12.8 Å². The van der Waals surface area contributed by atoms with Crippen LogP contribution >= 0.6 is 0 Å². The van der Waals surface area contributed by atoms with E-state index in [9.17, 15) is 14.4 Å². The third-order valence-corrected chi connectivity index (χ3v) is 1.29. The first-order chi connectivity index (χ1) is 5.78. The molecule has 7 nitrogen and oxygen atoms in total. The molecule has 0 aliphatic heterocycles. The van der Waals surface area contributed by atoms with E-state index in [1.807, 2.05) is 0 Å². The molecule has 0 saturated heterocycles. The van der Waals surface area contributed by atoms with Gasteiger partial charge >= 0.3 is 17.9 Å². The number of aliphatic hydroxyl groups is 1. The third-order valence-electron chi connectivity index (χ3n) is 1.29. The van der Waals surface area contributed by atoms with Crippen LogP contribution in [-0.4, -0.2) is 43.9 Å². The van der Waals surface area contributed by atoms with E-state index in [2.05, 4.69) is 0 Å². The van der Waals surface area contributed by atoms with Gasteiger partial charge in [-0.2, -0.15) is 0 Å². The van der Waals surface area contributed by atoms with E-state index in [1.54, 1.807) is 0 Å². The van der Waals surface area contributed by atoms with Gasteiger partial charge in [0.2, 0.25) is 0 Å². The van der Waals surface area contributed by atoms with E-state index in [-0.39, 0.29) is 17.1 Å². The van der Waals surface area contributed by atoms with Crippen molar-refractivity contribution in [3.8, 4) is 0 Å². The maximum Gasteiger partial charge on any atom is 0.336 e. The fourth-order valence-electron chi connectivity index (χ4n) is 0.714. The molecule has 8 heteroatoms. The van der Waals surface area contributed by atoms with E-state index >= 15 is 0 Å². The van der Waals surface area contributed by atoms with Gasteiger partial charge in [0.15, 0.2) is 5.60 Å². The Morgan fingerprint density at radius 3 is 1.36 bits per heavy atom. The van der Waals surface area contributed by atoms with Gasteiger partial charge in [-0.3, -0.25) is 9.59 Å². The van der Waals surface area contributed by atoms with Crippen LogP contribution in [0.4, 0.5) is 0 Å². The van der Waals surface area contributed by atoms with Crippen molar-refractivity contribution in [3.05, 3.63) is 0 Å². The Kier molecular flexibility index (Phi) is 6.13. The number of carboxylic acid groups (broad SMARTS) is 3. The fourth-order valence-corrected chi connectivity index (χ4v) is 0.714. The number of carbonyl (C=O) groups is 3. The van der Waals surface area contributed by atoms with E-state index in [0.29, 0.717) is 0 Å². The fraction of sp³-hybridized carbons (Fsp3) is 0.500. The molecule has 0 aromatic heterocycles. The van der Waals surface area contributed by atoms with Crippen LogP contribution in [0, 0.1) is 0 Å². The second kappa shape index (κ2) is 5.58. The Morgan fingerprint density at radius 1 is 0.929 bits per heavy atom. The summed E-state index contributed by atoms with van der Waals surface area (Å²) in [5, 5.41) is 33.8. The van der Waals surface area contributed by atoms with Gasteiger partial charge in [-0.25, -0.2) is 4.79 Å². The molecule has 0 aliphatic carbocycles. The first-order valence-corrected chi connectivity index (χ1v) is 3.17. The zero-order valence-electron chi connectivity index (χ0n) is 6.78. The van der Waals surface area contributed by atoms with Crippen molar-refractivity contribution in [2.45, 2.75) is 18.4 Å². The Hall–Kier alpha value is -1.11. The summed E-state index contributed by atoms with van der Waals surface area (Å²) in [7, 11) is 0. The van der Waals surface area contributed by atoms with Crippen molar-refractivity contribution in [1.29, 1.82) is 0 Å². The normalized spacial score (nSPS) is 10.1. The number of hydrogen-bond donors (Lipinski definition) is 4. The molecule has 0 aromatic rings. The molecule has 0 bridgehead atoms. The van der Waals surface area contributed by atoms with Crippen LogP contribution in [0.25, 0.3) is 0 Å². The summed E-state index contributed by atoms with van der Waals surface area (Å²) in [4.78, 5) is 30.5. The van der Waals surface area contributed by atoms with Crippen molar-refractivity contribution >= 4 is 17.9 Å². The molecule has 0 radical (unpaired) electrons. The largest absolute Gasteiger partial charge is 0.481 e. The molecule has 0 spiro atoms. The van der Waals surface area contributed by atoms with Crippen LogP contribution in [0.1, 0.15) is 12.8 Å². The maximum absolute atomic E-state index is 10.3. The zero-order chi connectivity index (χ0) is 10.6. The number of carboxylic acids is 3. The molecule has 14 heavy (non-hydrogen) atoms. The first-order valence-electron chi connectivity index (χ1n) is 3.17. The predicted octanol–water partition coefficient (Wildman–Crippen LogP) is -1.25. The Bertz CT molecular complexity index is 233. The molecule has 0 unspecified atom stereocenters. The smallest absolute Gasteiger partial charge is 0.336 e. The van der Waals surface area contributed by atoms with E-state index in [1.165, 1.54) is 0 Å². The van der Waals surface area contributed by atoms with Gasteiger partial charge < -0.3 is 20.4 Å². The average Bonchev–Trinajstić information content (AvgIpc) is 1.82. The van der Waals surface area contributed by atoms with Gasteiger partial charge in [0.1, 0.15) is 0 Å². The summed E-state index contributed by atoms with van der Waals surface area (Å²) in [6, 6.07) is 0. The predicted molar refractivity (Wildman–Crippen MR) is 37.1 cm³/mol. The Morgan fingerprint density at radius 2 is 1.21 bits per heavy atom. The van der Waals surface area contributed by atoms with Gasteiger partial charge in [-0.15, -0.1) is 0 Å². The van der Waals surface area contributed by atoms with Gasteiger partial charge in [-0.1, -0.05) is 0 Å². The van der Waals surface area contributed by atoms with Crippen LogP contribution in [0.5, 0.6) is 0 Å². The summed E-state index contributed by atoms with van der Waals surface area (Å²) in [6.45, 7) is 0. The van der Waals surface area contributed by atoms with Crippen molar-refractivity contribution in [2.24, 2.45) is 0 Å². The SMILES string of the molecule is O=C(O)CC(O)(CC(=O)O)C(=O)O.[59Fe]. The van der Waals surface area contributed by atoms with Crippen LogP contribution in [-0.2, 0) is 31.5 Å². The number of rotatable bonds is 5. The Labute approximate surface area is 88.8 Å². The number of hydrogen-bond acceptors (Lipinski definition) is 4. The minimum atomic E-state index is -2.74. The molecule has 0 heterocycles. The summed E-state index contributed by atoms with van der Waals surface area (Å²) >= 11 is 0. The van der Waals surface area contributed by atoms with E-state index < -0.39 is 36.4 Å². The van der Waals surface area contributed by atoms with Crippen molar-refractivity contribution in [1.82, 2.24) is 0 Å². The molecule has 0 aromatic carbocycles. The molecule has 0 fully saturated rings. The van der Waals surface area contributed by atoms with E-state index in [4.69, 9.17) is 20.4 Å². The van der Waals surface area contributed by atoms with Crippen LogP contribution in [0.2, 0.25) is 0 Å². The average molecular weight is 251 g/mol. The maximum atomic E-state index is 10.3. The monoisotopic (exact) mass is 251 g/mol. The summed E-state index contributed by atoms with van der Waals surface area (Å²) in [6.07, 6.45) is -2.29. The zero-order valence-corrected chi connectivity index (χ0v) is 7.89. The molecule has 0 rings (SSSR count).